The summed E-state index contributed by atoms with van der Waals surface area (Å²) in [5, 5.41) is 0. The maximum absolute atomic E-state index is 13.7. The molecule has 0 bridgehead atoms. The van der Waals surface area contributed by atoms with Gasteiger partial charge in [0, 0.05) is 24.1 Å². The third kappa shape index (κ3) is 4.70. The van der Waals surface area contributed by atoms with Crippen molar-refractivity contribution < 1.29 is 14.3 Å². The second-order valence-corrected chi connectivity index (χ2v) is 10.0. The summed E-state index contributed by atoms with van der Waals surface area (Å²) in [4.78, 5) is 33.9. The van der Waals surface area contributed by atoms with Crippen molar-refractivity contribution in [1.82, 2.24) is 4.57 Å². The van der Waals surface area contributed by atoms with Gasteiger partial charge in [0.1, 0.15) is 11.8 Å². The van der Waals surface area contributed by atoms with Crippen LogP contribution < -0.4 is 24.5 Å². The molecule has 0 unspecified atom stereocenters. The van der Waals surface area contributed by atoms with Crippen LogP contribution in [0.4, 0.5) is 5.69 Å². The molecule has 9 heteroatoms. The number of esters is 1. The average molecular weight is 556 g/mol. The van der Waals surface area contributed by atoms with Gasteiger partial charge in [-0.3, -0.25) is 9.36 Å². The summed E-state index contributed by atoms with van der Waals surface area (Å²) < 4.78 is 14.0. The van der Waals surface area contributed by atoms with Gasteiger partial charge in [0.15, 0.2) is 4.80 Å². The van der Waals surface area contributed by atoms with E-state index in [4.69, 9.17) is 9.47 Å². The highest BCUT2D eigenvalue weighted by Gasteiger charge is 2.34. The van der Waals surface area contributed by atoms with Gasteiger partial charge in [-0.2, -0.15) is 0 Å². The zero-order valence-corrected chi connectivity index (χ0v) is 22.6. The van der Waals surface area contributed by atoms with E-state index in [-0.39, 0.29) is 12.2 Å². The number of fused-ring (bicyclic) bond motifs is 1. The van der Waals surface area contributed by atoms with Gasteiger partial charge in [0.2, 0.25) is 0 Å². The van der Waals surface area contributed by atoms with Gasteiger partial charge < -0.3 is 14.4 Å². The van der Waals surface area contributed by atoms with Crippen LogP contribution in [0, 0.1) is 0 Å². The van der Waals surface area contributed by atoms with Crippen molar-refractivity contribution in [2.45, 2.75) is 19.9 Å². The Kier molecular flexibility index (Phi) is 7.28. The quantitative estimate of drug-likeness (QED) is 0.434. The molecule has 2 heterocycles. The number of hydrogen-bond acceptors (Lipinski definition) is 7. The highest BCUT2D eigenvalue weighted by Crippen LogP contribution is 2.35. The fraction of sp³-hybridized carbons (Fsp3) is 0.269. The first-order chi connectivity index (χ1) is 16.8. The minimum Gasteiger partial charge on any atom is -0.496 e. The van der Waals surface area contributed by atoms with E-state index >= 15 is 0 Å². The smallest absolute Gasteiger partial charge is 0.338 e. The molecule has 0 N–H and O–H groups in total. The number of thiazole rings is 1. The molecule has 0 radical (unpaired) electrons. The number of para-hydroxylation sites is 1. The highest BCUT2D eigenvalue weighted by atomic mass is 79.9. The Balaban J connectivity index is 1.95. The minimum absolute atomic E-state index is 0.219. The summed E-state index contributed by atoms with van der Waals surface area (Å²) in [6, 6.07) is 12.6. The molecule has 0 saturated heterocycles. The predicted octanol–water partition coefficient (Wildman–Crippen LogP) is 3.64. The Bertz CT molecular complexity index is 1500. The number of nitrogens with zero attached hydrogens (tertiary/aromatic N) is 3. The van der Waals surface area contributed by atoms with Crippen molar-refractivity contribution in [3.05, 3.63) is 89.0 Å². The van der Waals surface area contributed by atoms with Crippen LogP contribution in [0.1, 0.15) is 31.0 Å². The molecule has 3 aromatic rings. The van der Waals surface area contributed by atoms with Crippen LogP contribution in [0.25, 0.3) is 6.08 Å². The van der Waals surface area contributed by atoms with Crippen LogP contribution in [0.5, 0.6) is 5.75 Å². The number of methoxy groups -OCH3 is 1. The standard InChI is InChI=1S/C26H26BrN3O4S/c1-6-34-25(32)22-15(2)28-26-30(23(22)17-9-7-8-10-20(17)33-5)24(31)21(35-26)14-16-11-12-19(29(3)4)18(27)13-16/h7-14,23H,6H2,1-5H3/t23-/m1/s1. The number of carbonyl (C=O) groups is 1. The van der Waals surface area contributed by atoms with Gasteiger partial charge in [-0.05, 0) is 59.6 Å². The third-order valence-corrected chi connectivity index (χ3v) is 7.32. The zero-order valence-electron chi connectivity index (χ0n) is 20.2. The number of benzene rings is 2. The van der Waals surface area contributed by atoms with Crippen molar-refractivity contribution >= 4 is 45.0 Å². The Morgan fingerprint density at radius 1 is 1.26 bits per heavy atom. The van der Waals surface area contributed by atoms with Gasteiger partial charge in [0.25, 0.3) is 5.56 Å². The van der Waals surface area contributed by atoms with E-state index in [1.807, 2.05) is 67.5 Å². The van der Waals surface area contributed by atoms with E-state index in [0.29, 0.717) is 31.9 Å². The van der Waals surface area contributed by atoms with E-state index < -0.39 is 12.0 Å². The fourth-order valence-electron chi connectivity index (χ4n) is 4.11. The van der Waals surface area contributed by atoms with Gasteiger partial charge in [-0.1, -0.05) is 35.6 Å². The summed E-state index contributed by atoms with van der Waals surface area (Å²) in [6.45, 7) is 3.74. The van der Waals surface area contributed by atoms with Gasteiger partial charge in [-0.25, -0.2) is 9.79 Å². The van der Waals surface area contributed by atoms with Crippen molar-refractivity contribution in [1.29, 1.82) is 0 Å². The molecule has 182 valence electrons. The molecule has 35 heavy (non-hydrogen) atoms. The van der Waals surface area contributed by atoms with E-state index in [1.54, 1.807) is 25.5 Å². The molecule has 0 spiro atoms. The lowest BCUT2D eigenvalue weighted by Crippen LogP contribution is -2.40. The lowest BCUT2D eigenvalue weighted by atomic mass is 9.95. The Morgan fingerprint density at radius 2 is 2.00 bits per heavy atom. The third-order valence-electron chi connectivity index (χ3n) is 5.70. The van der Waals surface area contributed by atoms with Crippen LogP contribution in [-0.2, 0) is 9.53 Å². The monoisotopic (exact) mass is 555 g/mol. The molecule has 7 nitrogen and oxygen atoms in total. The fourth-order valence-corrected chi connectivity index (χ4v) is 5.90. The topological polar surface area (TPSA) is 73.1 Å². The summed E-state index contributed by atoms with van der Waals surface area (Å²) in [6.07, 6.45) is 1.84. The second kappa shape index (κ2) is 10.2. The van der Waals surface area contributed by atoms with Crippen molar-refractivity contribution in [2.75, 3.05) is 32.7 Å². The molecule has 0 fully saturated rings. The van der Waals surface area contributed by atoms with Gasteiger partial charge in [-0.15, -0.1) is 0 Å². The second-order valence-electron chi connectivity index (χ2n) is 8.15. The maximum Gasteiger partial charge on any atom is 0.338 e. The van der Waals surface area contributed by atoms with E-state index in [2.05, 4.69) is 20.9 Å². The van der Waals surface area contributed by atoms with Gasteiger partial charge >= 0.3 is 5.97 Å². The van der Waals surface area contributed by atoms with Crippen LogP contribution in [-0.4, -0.2) is 38.3 Å². The van der Waals surface area contributed by atoms with Gasteiger partial charge in [0.05, 0.1) is 35.2 Å². The van der Waals surface area contributed by atoms with Crippen molar-refractivity contribution in [2.24, 2.45) is 4.99 Å². The molecule has 4 rings (SSSR count). The molecular weight excluding hydrogens is 530 g/mol. The number of ether oxygens (including phenoxy) is 2. The highest BCUT2D eigenvalue weighted by molar-refractivity contribution is 9.10. The van der Waals surface area contributed by atoms with E-state index in [9.17, 15) is 9.59 Å². The number of anilines is 1. The molecule has 2 aromatic carbocycles. The largest absolute Gasteiger partial charge is 0.496 e. The molecule has 1 aromatic heterocycles. The SMILES string of the molecule is CCOC(=O)C1=C(C)N=c2sc(=Cc3ccc(N(C)C)c(Br)c3)c(=O)n2[C@@H]1c1ccccc1OC. The normalized spacial score (nSPS) is 15.5. The predicted molar refractivity (Wildman–Crippen MR) is 142 cm³/mol. The lowest BCUT2D eigenvalue weighted by Gasteiger charge is -2.25. The van der Waals surface area contributed by atoms with E-state index in [1.165, 1.54) is 11.3 Å². The van der Waals surface area contributed by atoms with Crippen LogP contribution in [0.15, 0.2) is 68.0 Å². The number of halogens is 1. The number of rotatable bonds is 6. The zero-order chi connectivity index (χ0) is 25.3. The van der Waals surface area contributed by atoms with Crippen LogP contribution >= 0.6 is 27.3 Å². The van der Waals surface area contributed by atoms with Crippen LogP contribution in [0.3, 0.4) is 0 Å². The summed E-state index contributed by atoms with van der Waals surface area (Å²) in [5.74, 6) is 0.0777. The Labute approximate surface area is 215 Å². The van der Waals surface area contributed by atoms with Crippen LogP contribution in [0.2, 0.25) is 0 Å². The lowest BCUT2D eigenvalue weighted by molar-refractivity contribution is -0.139. The Hall–Kier alpha value is -3.17. The average Bonchev–Trinajstić information content (AvgIpc) is 3.12. The summed E-state index contributed by atoms with van der Waals surface area (Å²) in [5.41, 5.74) is 3.22. The van der Waals surface area contributed by atoms with Crippen molar-refractivity contribution in [3.8, 4) is 5.75 Å². The number of allylic oxidation sites excluding steroid dienone is 1. The molecule has 0 aliphatic carbocycles. The number of aromatic nitrogens is 1. The maximum atomic E-state index is 13.7. The number of hydrogen-bond donors (Lipinski definition) is 0. The molecule has 1 atom stereocenters. The Morgan fingerprint density at radius 3 is 2.66 bits per heavy atom. The summed E-state index contributed by atoms with van der Waals surface area (Å²) in [7, 11) is 5.51. The van der Waals surface area contributed by atoms with E-state index in [0.717, 1.165) is 15.7 Å². The molecule has 1 aliphatic rings. The molecule has 1 aliphatic heterocycles. The van der Waals surface area contributed by atoms with Crippen molar-refractivity contribution in [3.63, 3.8) is 0 Å². The minimum atomic E-state index is -0.716. The molecular formula is C26H26BrN3O4S. The first-order valence-electron chi connectivity index (χ1n) is 11.1. The summed E-state index contributed by atoms with van der Waals surface area (Å²) >= 11 is 4.90. The first kappa shape index (κ1) is 24.9. The molecule has 0 saturated carbocycles. The molecule has 0 amide bonds. The number of carbonyl (C=O) groups excluding carboxylic acids is 1. The first-order valence-corrected chi connectivity index (χ1v) is 12.7.